The monoisotopic (exact) mass is 530 g/mol. The zero-order chi connectivity index (χ0) is 24.5. The Balaban J connectivity index is 1.83. The van der Waals surface area contributed by atoms with Crippen LogP contribution in [0.2, 0.25) is 10.0 Å². The van der Waals surface area contributed by atoms with E-state index in [2.05, 4.69) is 10.3 Å². The molecule has 0 saturated carbocycles. The Hall–Kier alpha value is -2.11. The number of esters is 1. The van der Waals surface area contributed by atoms with Crippen LogP contribution in [0.3, 0.4) is 0 Å². The number of rotatable bonds is 7. The minimum Gasteiger partial charge on any atom is -0.463 e. The Bertz CT molecular complexity index is 1130. The lowest BCUT2D eigenvalue weighted by atomic mass is 9.95. The number of benzene rings is 1. The van der Waals surface area contributed by atoms with Crippen LogP contribution in [-0.4, -0.2) is 65.1 Å². The number of carbonyl (C=O) groups excluding carboxylic acids is 1. The number of ether oxygens (including phenoxy) is 1. The van der Waals surface area contributed by atoms with Crippen LogP contribution in [0.1, 0.15) is 30.0 Å². The van der Waals surface area contributed by atoms with Crippen molar-refractivity contribution in [1.29, 1.82) is 0 Å². The Morgan fingerprint density at radius 2 is 2.21 bits per heavy atom. The molecule has 2 aliphatic rings. The van der Waals surface area contributed by atoms with Gasteiger partial charge in [-0.2, -0.15) is 0 Å². The first-order valence-electron chi connectivity index (χ1n) is 10.5. The van der Waals surface area contributed by atoms with Gasteiger partial charge < -0.3 is 15.2 Å². The van der Waals surface area contributed by atoms with Crippen LogP contribution in [0.15, 0.2) is 46.0 Å². The van der Waals surface area contributed by atoms with Crippen molar-refractivity contribution in [1.82, 2.24) is 15.2 Å². The van der Waals surface area contributed by atoms with Crippen LogP contribution in [0.4, 0.5) is 8.78 Å². The molecule has 3 heterocycles. The summed E-state index contributed by atoms with van der Waals surface area (Å²) in [5, 5.41) is 15.8. The van der Waals surface area contributed by atoms with Crippen LogP contribution < -0.4 is 5.32 Å². The minimum absolute atomic E-state index is 0.0545. The number of nitrogens with one attached hydrogen (secondary N) is 1. The Labute approximate surface area is 209 Å². The first-order valence-corrected chi connectivity index (χ1v) is 12.2. The molecule has 0 aliphatic carbocycles. The molecule has 0 radical (unpaired) electrons. The van der Waals surface area contributed by atoms with E-state index < -0.39 is 43.5 Å². The van der Waals surface area contributed by atoms with E-state index in [1.165, 1.54) is 16.2 Å². The van der Waals surface area contributed by atoms with Gasteiger partial charge in [0.05, 0.1) is 25.3 Å². The molecule has 1 aromatic carbocycles. The van der Waals surface area contributed by atoms with Gasteiger partial charge in [-0.1, -0.05) is 29.3 Å². The minimum atomic E-state index is -2.95. The molecule has 0 spiro atoms. The maximum absolute atomic E-state index is 14.2. The predicted octanol–water partition coefficient (Wildman–Crippen LogP) is 4.06. The number of aliphatic hydroxyl groups is 1. The Kier molecular flexibility index (Phi) is 7.54. The fraction of sp³-hybridized carbons (Fsp3) is 0.409. The van der Waals surface area contributed by atoms with Gasteiger partial charge in [-0.05, 0) is 19.1 Å². The summed E-state index contributed by atoms with van der Waals surface area (Å²) in [6.07, 6.45) is 1.15. The SMILES string of the molecule is CCOC(=O)C1=C(CN2CC(F)(F)C[C@H]2CO)NC(c2nccs2)=N[C@H]1c1ccc(Cl)cc1Cl. The third-order valence-corrected chi connectivity index (χ3v) is 6.91. The standard InChI is InChI=1S/C22H22Cl2F2N4O3S/c1-2-33-21(32)17-16(9-30-11-22(25,26)8-13(30)10-31)28-19(20-27-5-6-34-20)29-18(17)14-4-3-12(23)7-15(14)24/h3-7,13,18,31H,2,8-11H2,1H3,(H,28,29)/t13-,18-/m0/s1. The zero-order valence-corrected chi connectivity index (χ0v) is 20.4. The summed E-state index contributed by atoms with van der Waals surface area (Å²) in [5.74, 6) is -3.22. The van der Waals surface area contributed by atoms with Gasteiger partial charge in [0.2, 0.25) is 0 Å². The van der Waals surface area contributed by atoms with Crippen LogP contribution in [0, 0.1) is 0 Å². The third-order valence-electron chi connectivity index (χ3n) is 5.57. The van der Waals surface area contributed by atoms with Crippen LogP contribution in [0.25, 0.3) is 0 Å². The van der Waals surface area contributed by atoms with Crippen molar-refractivity contribution in [3.8, 4) is 0 Å². The molecular weight excluding hydrogens is 509 g/mol. The number of likely N-dealkylation sites (tertiary alicyclic amines) is 1. The first-order chi connectivity index (χ1) is 16.2. The predicted molar refractivity (Wildman–Crippen MR) is 127 cm³/mol. The number of thiazole rings is 1. The van der Waals surface area contributed by atoms with E-state index in [1.54, 1.807) is 36.7 Å². The topological polar surface area (TPSA) is 87.0 Å². The fourth-order valence-electron chi connectivity index (χ4n) is 4.10. The van der Waals surface area contributed by atoms with E-state index in [4.69, 9.17) is 32.9 Å². The second kappa shape index (κ2) is 10.2. The maximum Gasteiger partial charge on any atom is 0.338 e. The molecule has 34 heavy (non-hydrogen) atoms. The van der Waals surface area contributed by atoms with Crippen molar-refractivity contribution in [2.45, 2.75) is 31.4 Å². The van der Waals surface area contributed by atoms with Crippen molar-refractivity contribution in [3.05, 3.63) is 61.7 Å². The van der Waals surface area contributed by atoms with Crippen molar-refractivity contribution >= 4 is 46.3 Å². The molecule has 2 N–H and O–H groups in total. The number of carbonyl (C=O) groups is 1. The number of amidine groups is 1. The summed E-state index contributed by atoms with van der Waals surface area (Å²) in [4.78, 5) is 23.6. The molecule has 2 aliphatic heterocycles. The Morgan fingerprint density at radius 1 is 1.41 bits per heavy atom. The normalized spacial score (nSPS) is 22.5. The average Bonchev–Trinajstić information content (AvgIpc) is 3.41. The fourth-order valence-corrected chi connectivity index (χ4v) is 5.20. The molecule has 2 atom stereocenters. The van der Waals surface area contributed by atoms with Crippen LogP contribution >= 0.6 is 34.5 Å². The number of aromatic nitrogens is 1. The zero-order valence-electron chi connectivity index (χ0n) is 18.1. The van der Waals surface area contributed by atoms with Crippen LogP contribution in [0.5, 0.6) is 0 Å². The largest absolute Gasteiger partial charge is 0.463 e. The molecule has 0 unspecified atom stereocenters. The molecule has 0 amide bonds. The lowest BCUT2D eigenvalue weighted by Crippen LogP contribution is -2.42. The van der Waals surface area contributed by atoms with Gasteiger partial charge in [-0.3, -0.25) is 9.89 Å². The number of aliphatic imine (C=N–C) groups is 1. The number of nitrogens with zero attached hydrogens (tertiary/aromatic N) is 3. The van der Waals surface area contributed by atoms with E-state index in [-0.39, 0.29) is 18.7 Å². The van der Waals surface area contributed by atoms with Gasteiger partial charge in [0.25, 0.3) is 5.92 Å². The smallest absolute Gasteiger partial charge is 0.338 e. The Morgan fingerprint density at radius 3 is 2.85 bits per heavy atom. The van der Waals surface area contributed by atoms with E-state index in [9.17, 15) is 18.7 Å². The quantitative estimate of drug-likeness (QED) is 0.525. The van der Waals surface area contributed by atoms with Gasteiger partial charge >= 0.3 is 5.97 Å². The molecular formula is C22H22Cl2F2N4O3S. The number of alkyl halides is 2. The highest BCUT2D eigenvalue weighted by molar-refractivity contribution is 7.11. The summed E-state index contributed by atoms with van der Waals surface area (Å²) < 4.78 is 33.6. The average molecular weight is 531 g/mol. The van der Waals surface area contributed by atoms with Crippen molar-refractivity contribution in [2.75, 3.05) is 26.3 Å². The summed E-state index contributed by atoms with van der Waals surface area (Å²) >= 11 is 13.9. The summed E-state index contributed by atoms with van der Waals surface area (Å²) in [6.45, 7) is 0.751. The second-order valence-electron chi connectivity index (χ2n) is 7.92. The molecule has 0 bridgehead atoms. The highest BCUT2D eigenvalue weighted by Crippen LogP contribution is 2.39. The number of hydrogen-bond acceptors (Lipinski definition) is 8. The molecule has 182 valence electrons. The summed E-state index contributed by atoms with van der Waals surface area (Å²) in [7, 11) is 0. The highest BCUT2D eigenvalue weighted by Gasteiger charge is 2.45. The van der Waals surface area contributed by atoms with Gasteiger partial charge in [0.15, 0.2) is 10.8 Å². The van der Waals surface area contributed by atoms with Gasteiger partial charge in [-0.25, -0.2) is 18.6 Å². The third kappa shape index (κ3) is 5.26. The number of aliphatic hydroxyl groups excluding tert-OH is 1. The van der Waals surface area contributed by atoms with E-state index in [0.717, 1.165) is 0 Å². The summed E-state index contributed by atoms with van der Waals surface area (Å²) in [6, 6.07) is 3.21. The van der Waals surface area contributed by atoms with Crippen molar-refractivity contribution < 1.29 is 23.4 Å². The molecule has 2 aromatic rings. The molecule has 1 aromatic heterocycles. The van der Waals surface area contributed by atoms with E-state index in [1.807, 2.05) is 0 Å². The number of halogens is 4. The molecule has 1 fully saturated rings. The van der Waals surface area contributed by atoms with Crippen molar-refractivity contribution in [2.24, 2.45) is 4.99 Å². The maximum atomic E-state index is 14.2. The molecule has 1 saturated heterocycles. The molecule has 4 rings (SSSR count). The van der Waals surface area contributed by atoms with Crippen molar-refractivity contribution in [3.63, 3.8) is 0 Å². The lowest BCUT2D eigenvalue weighted by Gasteiger charge is -2.31. The second-order valence-corrected chi connectivity index (χ2v) is 9.66. The lowest BCUT2D eigenvalue weighted by molar-refractivity contribution is -0.139. The summed E-state index contributed by atoms with van der Waals surface area (Å²) in [5.41, 5.74) is 0.997. The van der Waals surface area contributed by atoms with Gasteiger partial charge in [0.1, 0.15) is 6.04 Å². The number of hydrogen-bond donors (Lipinski definition) is 2. The molecule has 12 heteroatoms. The highest BCUT2D eigenvalue weighted by atomic mass is 35.5. The molecule has 7 nitrogen and oxygen atoms in total. The van der Waals surface area contributed by atoms with E-state index >= 15 is 0 Å². The van der Waals surface area contributed by atoms with Gasteiger partial charge in [-0.15, -0.1) is 11.3 Å². The first kappa shape index (κ1) is 25.0. The van der Waals surface area contributed by atoms with E-state index in [0.29, 0.717) is 32.1 Å². The van der Waals surface area contributed by atoms with Crippen LogP contribution in [-0.2, 0) is 9.53 Å². The van der Waals surface area contributed by atoms with Gasteiger partial charge in [0, 0.05) is 51.9 Å².